The molecule has 6 heteroatoms. The summed E-state index contributed by atoms with van der Waals surface area (Å²) in [6, 6.07) is 0.0442. The Bertz CT molecular complexity index is 318. The molecule has 96 valence electrons. The first-order chi connectivity index (χ1) is 7.90. The van der Waals surface area contributed by atoms with Crippen LogP contribution in [0.5, 0.6) is 0 Å². The molecule has 0 bridgehead atoms. The number of ether oxygens (including phenoxy) is 1. The highest BCUT2D eigenvalue weighted by molar-refractivity contribution is 5.68. The van der Waals surface area contributed by atoms with Gasteiger partial charge in [-0.25, -0.2) is 4.79 Å². The van der Waals surface area contributed by atoms with Crippen LogP contribution in [0.4, 0.5) is 4.79 Å². The van der Waals surface area contributed by atoms with Crippen LogP contribution in [0.2, 0.25) is 0 Å². The predicted octanol–water partition coefficient (Wildman–Crippen LogP) is 3.13. The molecule has 17 heavy (non-hydrogen) atoms. The van der Waals surface area contributed by atoms with Gasteiger partial charge >= 0.3 is 6.09 Å². The summed E-state index contributed by atoms with van der Waals surface area (Å²) in [4.78, 5) is 14.4. The predicted molar refractivity (Wildman–Crippen MR) is 64.6 cm³/mol. The van der Waals surface area contributed by atoms with Gasteiger partial charge in [0.2, 0.25) is 0 Å². The van der Waals surface area contributed by atoms with Crippen molar-refractivity contribution in [3.63, 3.8) is 0 Å². The third kappa shape index (κ3) is 5.45. The van der Waals surface area contributed by atoms with Gasteiger partial charge in [0.15, 0.2) is 0 Å². The van der Waals surface area contributed by atoms with Gasteiger partial charge in [0.05, 0.1) is 0 Å². The van der Waals surface area contributed by atoms with E-state index in [9.17, 15) is 4.79 Å². The lowest BCUT2D eigenvalue weighted by atomic mass is 9.92. The standard InChI is InChI=1S/C11H20N4O2/c1-11(2,3)17-10(16)13-8-5-4-6-9(7-8)14-15-12/h8-9H,4-7H2,1-3H3,(H,13,16). The van der Waals surface area contributed by atoms with Crippen molar-refractivity contribution >= 4 is 6.09 Å². The molecular formula is C11H20N4O2. The number of rotatable bonds is 2. The smallest absolute Gasteiger partial charge is 0.407 e. The number of alkyl carbamates (subject to hydrolysis) is 1. The molecule has 1 rings (SSSR count). The number of nitrogens with one attached hydrogen (secondary N) is 1. The van der Waals surface area contributed by atoms with Crippen LogP contribution in [0.1, 0.15) is 46.5 Å². The number of carbonyl (C=O) groups excluding carboxylic acids is 1. The maximum Gasteiger partial charge on any atom is 0.407 e. The molecule has 0 saturated heterocycles. The van der Waals surface area contributed by atoms with Gasteiger partial charge in [-0.2, -0.15) is 0 Å². The van der Waals surface area contributed by atoms with Crippen LogP contribution in [-0.2, 0) is 4.74 Å². The number of azide groups is 1. The van der Waals surface area contributed by atoms with Crippen LogP contribution >= 0.6 is 0 Å². The van der Waals surface area contributed by atoms with E-state index in [1.165, 1.54) is 0 Å². The monoisotopic (exact) mass is 240 g/mol. The van der Waals surface area contributed by atoms with Gasteiger partial charge in [0.1, 0.15) is 5.60 Å². The van der Waals surface area contributed by atoms with E-state index in [-0.39, 0.29) is 12.1 Å². The zero-order valence-corrected chi connectivity index (χ0v) is 10.6. The SMILES string of the molecule is CC(C)(C)OC(=O)NC1CCCC(N=[N+]=[N-])C1. The van der Waals surface area contributed by atoms with Crippen LogP contribution in [-0.4, -0.2) is 23.8 Å². The fourth-order valence-corrected chi connectivity index (χ4v) is 1.95. The van der Waals surface area contributed by atoms with Crippen LogP contribution < -0.4 is 5.32 Å². The summed E-state index contributed by atoms with van der Waals surface area (Å²) >= 11 is 0. The first-order valence-corrected chi connectivity index (χ1v) is 5.94. The molecule has 2 atom stereocenters. The van der Waals surface area contributed by atoms with Crippen molar-refractivity contribution in [3.8, 4) is 0 Å². The zero-order chi connectivity index (χ0) is 12.9. The van der Waals surface area contributed by atoms with E-state index in [0.29, 0.717) is 6.42 Å². The number of carbonyl (C=O) groups is 1. The van der Waals surface area contributed by atoms with Crippen molar-refractivity contribution < 1.29 is 9.53 Å². The Morgan fingerprint density at radius 2 is 2.18 bits per heavy atom. The summed E-state index contributed by atoms with van der Waals surface area (Å²) in [5.41, 5.74) is 7.90. The lowest BCUT2D eigenvalue weighted by Gasteiger charge is -2.28. The molecule has 6 nitrogen and oxygen atoms in total. The minimum Gasteiger partial charge on any atom is -0.444 e. The van der Waals surface area contributed by atoms with Crippen LogP contribution in [0, 0.1) is 0 Å². The Hall–Kier alpha value is -1.42. The highest BCUT2D eigenvalue weighted by atomic mass is 16.6. The van der Waals surface area contributed by atoms with E-state index in [0.717, 1.165) is 19.3 Å². The third-order valence-corrected chi connectivity index (χ3v) is 2.58. The average Bonchev–Trinajstić information content (AvgIpc) is 2.15. The quantitative estimate of drug-likeness (QED) is 0.456. The molecule has 1 N–H and O–H groups in total. The summed E-state index contributed by atoms with van der Waals surface area (Å²) in [5.74, 6) is 0. The molecule has 0 aromatic rings. The van der Waals surface area contributed by atoms with Crippen molar-refractivity contribution in [2.45, 2.75) is 64.1 Å². The number of hydrogen-bond donors (Lipinski definition) is 1. The maximum atomic E-state index is 11.6. The fraction of sp³-hybridized carbons (Fsp3) is 0.909. The molecule has 0 spiro atoms. The summed E-state index contributed by atoms with van der Waals surface area (Å²) in [6.07, 6.45) is 3.07. The first-order valence-electron chi connectivity index (χ1n) is 5.94. The Labute approximate surface area is 101 Å². The van der Waals surface area contributed by atoms with Crippen molar-refractivity contribution in [3.05, 3.63) is 10.4 Å². The number of nitrogens with zero attached hydrogens (tertiary/aromatic N) is 3. The van der Waals surface area contributed by atoms with E-state index >= 15 is 0 Å². The van der Waals surface area contributed by atoms with Gasteiger partial charge in [-0.15, -0.1) is 0 Å². The molecule has 0 aromatic heterocycles. The van der Waals surface area contributed by atoms with Gasteiger partial charge in [-0.05, 0) is 45.6 Å². The molecule has 1 aliphatic rings. The van der Waals surface area contributed by atoms with E-state index in [1.807, 2.05) is 20.8 Å². The largest absolute Gasteiger partial charge is 0.444 e. The van der Waals surface area contributed by atoms with Crippen LogP contribution in [0.15, 0.2) is 5.11 Å². The second kappa shape index (κ2) is 5.77. The number of hydrogen-bond acceptors (Lipinski definition) is 3. The lowest BCUT2D eigenvalue weighted by molar-refractivity contribution is 0.0491. The van der Waals surface area contributed by atoms with E-state index in [1.54, 1.807) is 0 Å². The topological polar surface area (TPSA) is 87.1 Å². The molecule has 0 heterocycles. The highest BCUT2D eigenvalue weighted by Gasteiger charge is 2.24. The fourth-order valence-electron chi connectivity index (χ4n) is 1.95. The van der Waals surface area contributed by atoms with Gasteiger partial charge in [-0.3, -0.25) is 0 Å². The van der Waals surface area contributed by atoms with Crippen LogP contribution in [0.3, 0.4) is 0 Å². The molecule has 1 aliphatic carbocycles. The van der Waals surface area contributed by atoms with E-state index < -0.39 is 11.7 Å². The van der Waals surface area contributed by atoms with Crippen molar-refractivity contribution in [1.29, 1.82) is 0 Å². The van der Waals surface area contributed by atoms with E-state index in [2.05, 4.69) is 15.3 Å². The molecule has 2 unspecified atom stereocenters. The summed E-state index contributed by atoms with van der Waals surface area (Å²) in [6.45, 7) is 5.49. The molecule has 0 aromatic carbocycles. The normalized spacial score (nSPS) is 24.6. The van der Waals surface area contributed by atoms with Gasteiger partial charge in [0.25, 0.3) is 0 Å². The molecule has 1 saturated carbocycles. The summed E-state index contributed by atoms with van der Waals surface area (Å²) in [7, 11) is 0. The second-order valence-electron chi connectivity index (χ2n) is 5.37. The van der Waals surface area contributed by atoms with Gasteiger partial charge < -0.3 is 10.1 Å². The Balaban J connectivity index is 2.41. The Morgan fingerprint density at radius 3 is 2.76 bits per heavy atom. The minimum absolute atomic E-state index is 0.00585. The molecular weight excluding hydrogens is 220 g/mol. The third-order valence-electron chi connectivity index (χ3n) is 2.58. The summed E-state index contributed by atoms with van der Waals surface area (Å²) < 4.78 is 5.18. The Morgan fingerprint density at radius 1 is 1.47 bits per heavy atom. The highest BCUT2D eigenvalue weighted by Crippen LogP contribution is 2.21. The van der Waals surface area contributed by atoms with Gasteiger partial charge in [-0.1, -0.05) is 11.5 Å². The molecule has 1 fully saturated rings. The van der Waals surface area contributed by atoms with Crippen LogP contribution in [0.25, 0.3) is 10.4 Å². The maximum absolute atomic E-state index is 11.6. The van der Waals surface area contributed by atoms with Crippen molar-refractivity contribution in [1.82, 2.24) is 5.32 Å². The van der Waals surface area contributed by atoms with Gasteiger partial charge in [0, 0.05) is 17.0 Å². The second-order valence-corrected chi connectivity index (χ2v) is 5.37. The van der Waals surface area contributed by atoms with Crippen molar-refractivity contribution in [2.24, 2.45) is 5.11 Å². The van der Waals surface area contributed by atoms with E-state index in [4.69, 9.17) is 10.3 Å². The Kier molecular flexibility index (Phi) is 4.63. The average molecular weight is 240 g/mol. The zero-order valence-electron chi connectivity index (χ0n) is 10.6. The van der Waals surface area contributed by atoms with Crippen molar-refractivity contribution in [2.75, 3.05) is 0 Å². The minimum atomic E-state index is -0.483. The molecule has 0 aliphatic heterocycles. The molecule has 0 radical (unpaired) electrons. The summed E-state index contributed by atoms with van der Waals surface area (Å²) in [5, 5.41) is 6.52. The lowest BCUT2D eigenvalue weighted by Crippen LogP contribution is -2.42. The molecule has 1 amide bonds. The first kappa shape index (κ1) is 13.6. The number of amides is 1.